The Kier molecular flexibility index (Phi) is 6.20. The third kappa shape index (κ3) is 4.26. The topological polar surface area (TPSA) is 72.5 Å². The van der Waals surface area contributed by atoms with Crippen molar-refractivity contribution in [2.75, 3.05) is 0 Å². The molecule has 1 aliphatic rings. The van der Waals surface area contributed by atoms with Gasteiger partial charge in [-0.1, -0.05) is 36.4 Å². The van der Waals surface area contributed by atoms with E-state index >= 15 is 0 Å². The molecule has 0 heterocycles. The summed E-state index contributed by atoms with van der Waals surface area (Å²) in [4.78, 5) is 11.7. The number of fused-ring (bicyclic) bond motifs is 1. The molecule has 0 aliphatic heterocycles. The number of hydrogen-bond acceptors (Lipinski definition) is 3. The molecule has 3 aromatic rings. The molecular weight excluding hydrogens is 393 g/mol. The maximum Gasteiger partial charge on any atom is 0.312 e. The number of carbonyl (C=O) groups is 1. The third-order valence-corrected chi connectivity index (χ3v) is 5.14. The molecule has 4 rings (SSSR count). The zero-order chi connectivity index (χ0) is 19.7. The Balaban J connectivity index is 0.00000240. The van der Waals surface area contributed by atoms with Gasteiger partial charge in [0.15, 0.2) is 0 Å². The van der Waals surface area contributed by atoms with E-state index in [0.717, 1.165) is 17.5 Å². The first-order valence-corrected chi connectivity index (χ1v) is 9.17. The molecule has 2 atom stereocenters. The molecule has 2 unspecified atom stereocenters. The first-order chi connectivity index (χ1) is 13.5. The Morgan fingerprint density at radius 2 is 1.86 bits per heavy atom. The molecule has 6 heteroatoms. The smallest absolute Gasteiger partial charge is 0.312 e. The summed E-state index contributed by atoms with van der Waals surface area (Å²) in [6.45, 7) is 0. The van der Waals surface area contributed by atoms with Gasteiger partial charge in [-0.25, -0.2) is 4.39 Å². The number of halogens is 2. The first-order valence-electron chi connectivity index (χ1n) is 9.17. The van der Waals surface area contributed by atoms with Gasteiger partial charge in [-0.2, -0.15) is 0 Å². The van der Waals surface area contributed by atoms with Crippen LogP contribution in [0.25, 0.3) is 11.1 Å². The van der Waals surface area contributed by atoms with Crippen LogP contribution in [0.4, 0.5) is 4.39 Å². The molecule has 3 aromatic carbocycles. The van der Waals surface area contributed by atoms with Gasteiger partial charge in [-0.15, -0.1) is 12.4 Å². The number of hydrogen-bond donors (Lipinski definition) is 2. The van der Waals surface area contributed by atoms with Crippen LogP contribution in [0, 0.1) is 5.82 Å². The Morgan fingerprint density at radius 1 is 1.07 bits per heavy atom. The lowest BCUT2D eigenvalue weighted by molar-refractivity contribution is -0.139. The van der Waals surface area contributed by atoms with Gasteiger partial charge in [0.1, 0.15) is 17.3 Å². The van der Waals surface area contributed by atoms with Gasteiger partial charge in [-0.05, 0) is 59.9 Å². The van der Waals surface area contributed by atoms with E-state index in [2.05, 4.69) is 0 Å². The molecule has 1 aliphatic carbocycles. The molecule has 3 N–H and O–H groups in total. The summed E-state index contributed by atoms with van der Waals surface area (Å²) in [5.41, 5.74) is 9.20. The number of aliphatic carboxylic acids is 1. The fourth-order valence-electron chi connectivity index (χ4n) is 3.77. The normalized spacial score (nSPS) is 17.7. The summed E-state index contributed by atoms with van der Waals surface area (Å²) in [5, 5.41) is 9.60. The Bertz CT molecular complexity index is 1040. The van der Waals surface area contributed by atoms with Gasteiger partial charge < -0.3 is 15.6 Å². The highest BCUT2D eigenvalue weighted by Crippen LogP contribution is 2.37. The fourth-order valence-corrected chi connectivity index (χ4v) is 3.77. The highest BCUT2D eigenvalue weighted by Gasteiger charge is 2.33. The number of benzene rings is 3. The Hall–Kier alpha value is -2.89. The highest BCUT2D eigenvalue weighted by atomic mass is 35.5. The first kappa shape index (κ1) is 20.8. The van der Waals surface area contributed by atoms with E-state index in [1.165, 1.54) is 12.1 Å². The average molecular weight is 414 g/mol. The van der Waals surface area contributed by atoms with Crippen LogP contribution in [0.2, 0.25) is 0 Å². The molecule has 29 heavy (non-hydrogen) atoms. The predicted octanol–water partition coefficient (Wildman–Crippen LogP) is 5.15. The molecule has 0 fully saturated rings. The standard InChI is InChI=1S/C23H20FNO3.ClH/c24-16-5-3-4-15(12-16)18-6-1-2-7-21(18)28-17-10-8-14-9-11-20(25)22(23(26)27)19(14)13-17;/h1-8,10,12-13,20,22H,9,11,25H2,(H,26,27);1H. The minimum absolute atomic E-state index is 0. The van der Waals surface area contributed by atoms with Crippen molar-refractivity contribution in [3.05, 3.63) is 83.7 Å². The van der Waals surface area contributed by atoms with Gasteiger partial charge in [0.2, 0.25) is 0 Å². The van der Waals surface area contributed by atoms with Gasteiger partial charge in [-0.3, -0.25) is 4.79 Å². The summed E-state index contributed by atoms with van der Waals surface area (Å²) >= 11 is 0. The van der Waals surface area contributed by atoms with Crippen LogP contribution in [-0.2, 0) is 11.2 Å². The molecule has 0 saturated heterocycles. The highest BCUT2D eigenvalue weighted by molar-refractivity contribution is 5.85. The lowest BCUT2D eigenvalue weighted by atomic mass is 9.79. The van der Waals surface area contributed by atoms with Gasteiger partial charge in [0.05, 0.1) is 5.92 Å². The second-order valence-electron chi connectivity index (χ2n) is 6.99. The maximum atomic E-state index is 13.6. The van der Waals surface area contributed by atoms with Gasteiger partial charge in [0.25, 0.3) is 0 Å². The number of carboxylic acid groups (broad SMARTS) is 1. The minimum atomic E-state index is -0.925. The maximum absolute atomic E-state index is 13.6. The van der Waals surface area contributed by atoms with Crippen LogP contribution in [0.5, 0.6) is 11.5 Å². The van der Waals surface area contributed by atoms with Gasteiger partial charge in [0, 0.05) is 11.6 Å². The van der Waals surface area contributed by atoms with Crippen molar-refractivity contribution in [3.63, 3.8) is 0 Å². The van der Waals surface area contributed by atoms with Crippen LogP contribution < -0.4 is 10.5 Å². The van der Waals surface area contributed by atoms with E-state index in [9.17, 15) is 14.3 Å². The van der Waals surface area contributed by atoms with Gasteiger partial charge >= 0.3 is 5.97 Å². The van der Waals surface area contributed by atoms with Crippen molar-refractivity contribution in [2.45, 2.75) is 24.8 Å². The van der Waals surface area contributed by atoms with E-state index in [-0.39, 0.29) is 18.2 Å². The predicted molar refractivity (Wildman–Crippen MR) is 112 cm³/mol. The molecule has 0 amide bonds. The number of rotatable bonds is 4. The number of aryl methyl sites for hydroxylation is 1. The van der Waals surface area contributed by atoms with Crippen LogP contribution in [0.15, 0.2) is 66.7 Å². The van der Waals surface area contributed by atoms with E-state index in [4.69, 9.17) is 10.5 Å². The van der Waals surface area contributed by atoms with E-state index in [1.54, 1.807) is 18.2 Å². The molecular formula is C23H21ClFNO3. The molecule has 0 bridgehead atoms. The van der Waals surface area contributed by atoms with Crippen LogP contribution in [0.1, 0.15) is 23.5 Å². The SMILES string of the molecule is Cl.NC1CCc2ccc(Oc3ccccc3-c3cccc(F)c3)cc2C1C(=O)O. The van der Waals surface area contributed by atoms with Crippen molar-refractivity contribution in [1.82, 2.24) is 0 Å². The van der Waals surface area contributed by atoms with E-state index in [1.807, 2.05) is 36.4 Å². The van der Waals surface area contributed by atoms with Crippen molar-refractivity contribution in [2.24, 2.45) is 5.73 Å². The van der Waals surface area contributed by atoms with Crippen molar-refractivity contribution >= 4 is 18.4 Å². The Labute approximate surface area is 174 Å². The largest absolute Gasteiger partial charge is 0.481 e. The lowest BCUT2D eigenvalue weighted by Crippen LogP contribution is -2.37. The molecule has 0 radical (unpaired) electrons. The fraction of sp³-hybridized carbons (Fsp3) is 0.174. The summed E-state index contributed by atoms with van der Waals surface area (Å²) < 4.78 is 19.7. The lowest BCUT2D eigenvalue weighted by Gasteiger charge is -2.28. The number of carboxylic acids is 1. The number of para-hydroxylation sites is 1. The zero-order valence-corrected chi connectivity index (χ0v) is 16.4. The van der Waals surface area contributed by atoms with E-state index in [0.29, 0.717) is 29.0 Å². The average Bonchev–Trinajstić information content (AvgIpc) is 2.68. The number of nitrogens with two attached hydrogens (primary N) is 1. The van der Waals surface area contributed by atoms with Crippen LogP contribution in [0.3, 0.4) is 0 Å². The summed E-state index contributed by atoms with van der Waals surface area (Å²) in [5.74, 6) is -0.890. The second-order valence-corrected chi connectivity index (χ2v) is 6.99. The third-order valence-electron chi connectivity index (χ3n) is 5.14. The summed E-state index contributed by atoms with van der Waals surface area (Å²) in [7, 11) is 0. The molecule has 150 valence electrons. The van der Waals surface area contributed by atoms with Crippen molar-refractivity contribution in [3.8, 4) is 22.6 Å². The molecule has 0 spiro atoms. The van der Waals surface area contributed by atoms with Crippen molar-refractivity contribution < 1.29 is 19.0 Å². The molecule has 4 nitrogen and oxygen atoms in total. The second kappa shape index (κ2) is 8.64. The molecule has 0 saturated carbocycles. The molecule has 0 aromatic heterocycles. The monoisotopic (exact) mass is 413 g/mol. The minimum Gasteiger partial charge on any atom is -0.481 e. The quantitative estimate of drug-likeness (QED) is 0.620. The zero-order valence-electron chi connectivity index (χ0n) is 15.5. The van der Waals surface area contributed by atoms with Crippen LogP contribution in [-0.4, -0.2) is 17.1 Å². The summed E-state index contributed by atoms with van der Waals surface area (Å²) in [6, 6.07) is 18.8. The number of ether oxygens (including phenoxy) is 1. The summed E-state index contributed by atoms with van der Waals surface area (Å²) in [6.07, 6.45) is 1.40. The van der Waals surface area contributed by atoms with Crippen LogP contribution >= 0.6 is 12.4 Å². The Morgan fingerprint density at radius 3 is 2.62 bits per heavy atom. The van der Waals surface area contributed by atoms with E-state index < -0.39 is 17.9 Å². The van der Waals surface area contributed by atoms with Crippen molar-refractivity contribution in [1.29, 1.82) is 0 Å².